The van der Waals surface area contributed by atoms with Gasteiger partial charge < -0.3 is 9.30 Å². The van der Waals surface area contributed by atoms with Crippen LogP contribution in [0.1, 0.15) is 12.5 Å². The van der Waals surface area contributed by atoms with Crippen molar-refractivity contribution in [1.29, 1.82) is 0 Å². The van der Waals surface area contributed by atoms with Gasteiger partial charge in [0.05, 0.1) is 29.6 Å². The first-order valence-electron chi connectivity index (χ1n) is 8.10. The van der Waals surface area contributed by atoms with Crippen molar-refractivity contribution in [3.8, 4) is 5.75 Å². The lowest BCUT2D eigenvalue weighted by Crippen LogP contribution is -2.21. The number of rotatable bonds is 6. The molecule has 2 aromatic carbocycles. The number of hydrogen-bond acceptors (Lipinski definition) is 5. The highest BCUT2D eigenvalue weighted by atomic mass is 32.2. The zero-order valence-corrected chi connectivity index (χ0v) is 15.7. The van der Waals surface area contributed by atoms with Crippen molar-refractivity contribution < 1.29 is 9.53 Å². The number of imidazole rings is 1. The first-order chi connectivity index (χ1) is 12.6. The summed E-state index contributed by atoms with van der Waals surface area (Å²) < 4.78 is 7.12. The molecule has 0 radical (unpaired) electrons. The maximum atomic E-state index is 12.1. The number of fused-ring (bicyclic) bond motifs is 1. The summed E-state index contributed by atoms with van der Waals surface area (Å²) in [5, 5.41) is 4.97. The average Bonchev–Trinajstić information content (AvgIpc) is 3.00. The van der Waals surface area contributed by atoms with E-state index in [1.54, 1.807) is 7.11 Å². The number of hydrazone groups is 1. The highest BCUT2D eigenvalue weighted by molar-refractivity contribution is 7.99. The van der Waals surface area contributed by atoms with E-state index in [0.717, 1.165) is 33.2 Å². The third kappa shape index (κ3) is 4.05. The molecular formula is C19H20N4O2S. The first-order valence-corrected chi connectivity index (χ1v) is 9.09. The van der Waals surface area contributed by atoms with Crippen LogP contribution in [0, 0.1) is 0 Å². The molecule has 0 spiro atoms. The van der Waals surface area contributed by atoms with E-state index in [1.807, 2.05) is 67.1 Å². The molecule has 0 unspecified atom stereocenters. The van der Waals surface area contributed by atoms with E-state index in [-0.39, 0.29) is 11.7 Å². The van der Waals surface area contributed by atoms with Gasteiger partial charge in [0.25, 0.3) is 5.91 Å². The van der Waals surface area contributed by atoms with Crippen LogP contribution in [-0.4, -0.2) is 34.0 Å². The summed E-state index contributed by atoms with van der Waals surface area (Å²) in [4.78, 5) is 16.6. The number of thioether (sulfide) groups is 1. The summed E-state index contributed by atoms with van der Waals surface area (Å²) in [6, 6.07) is 15.4. The number of aromatic nitrogens is 2. The molecule has 6 nitrogen and oxygen atoms in total. The SMILES string of the molecule is COc1ccc(/C(C)=N/NC(=O)CSc2nc3ccccc3n2C)cc1. The molecule has 0 saturated heterocycles. The van der Waals surface area contributed by atoms with E-state index in [2.05, 4.69) is 15.5 Å². The van der Waals surface area contributed by atoms with Crippen LogP contribution >= 0.6 is 11.8 Å². The van der Waals surface area contributed by atoms with Gasteiger partial charge in [0, 0.05) is 7.05 Å². The molecule has 3 aromatic rings. The number of methoxy groups -OCH3 is 1. The molecule has 1 amide bonds. The Hall–Kier alpha value is -2.80. The molecule has 0 atom stereocenters. The minimum absolute atomic E-state index is 0.171. The van der Waals surface area contributed by atoms with E-state index >= 15 is 0 Å². The van der Waals surface area contributed by atoms with Gasteiger partial charge in [-0.2, -0.15) is 5.10 Å². The monoisotopic (exact) mass is 368 g/mol. The van der Waals surface area contributed by atoms with Crippen LogP contribution in [0.5, 0.6) is 5.75 Å². The fourth-order valence-electron chi connectivity index (χ4n) is 2.46. The molecule has 3 rings (SSSR count). The molecule has 1 N–H and O–H groups in total. The van der Waals surface area contributed by atoms with Crippen LogP contribution in [0.25, 0.3) is 11.0 Å². The van der Waals surface area contributed by atoms with Gasteiger partial charge in [-0.3, -0.25) is 4.79 Å². The molecule has 134 valence electrons. The smallest absolute Gasteiger partial charge is 0.250 e. The zero-order chi connectivity index (χ0) is 18.5. The fourth-order valence-corrected chi connectivity index (χ4v) is 3.24. The Balaban J connectivity index is 1.58. The molecule has 1 heterocycles. The zero-order valence-electron chi connectivity index (χ0n) is 14.9. The van der Waals surface area contributed by atoms with Crippen molar-refractivity contribution in [2.24, 2.45) is 12.1 Å². The standard InChI is InChI=1S/C19H20N4O2S/c1-13(14-8-10-15(25-3)11-9-14)21-22-18(24)12-26-19-20-16-6-4-5-7-17(16)23(19)2/h4-11H,12H2,1-3H3,(H,22,24)/b21-13+. The number of carbonyl (C=O) groups is 1. The average molecular weight is 368 g/mol. The van der Waals surface area contributed by atoms with Crippen LogP contribution in [0.4, 0.5) is 0 Å². The summed E-state index contributed by atoms with van der Waals surface area (Å²) in [7, 11) is 3.57. The molecule has 7 heteroatoms. The molecular weight excluding hydrogens is 348 g/mol. The van der Waals surface area contributed by atoms with Crippen molar-refractivity contribution in [2.75, 3.05) is 12.9 Å². The van der Waals surface area contributed by atoms with Gasteiger partial charge >= 0.3 is 0 Å². The van der Waals surface area contributed by atoms with E-state index in [1.165, 1.54) is 11.8 Å². The Morgan fingerprint density at radius 3 is 2.65 bits per heavy atom. The number of hydrogen-bond donors (Lipinski definition) is 1. The maximum absolute atomic E-state index is 12.1. The fraction of sp³-hybridized carbons (Fsp3) is 0.211. The Bertz CT molecular complexity index is 948. The Kier molecular flexibility index (Phi) is 5.58. The van der Waals surface area contributed by atoms with Crippen LogP contribution in [0.15, 0.2) is 58.8 Å². The van der Waals surface area contributed by atoms with Crippen LogP contribution in [0.3, 0.4) is 0 Å². The minimum atomic E-state index is -0.171. The molecule has 0 aliphatic carbocycles. The van der Waals surface area contributed by atoms with Crippen molar-refractivity contribution in [1.82, 2.24) is 15.0 Å². The summed E-state index contributed by atoms with van der Waals surface area (Å²) in [6.07, 6.45) is 0. The third-order valence-electron chi connectivity index (χ3n) is 3.93. The van der Waals surface area contributed by atoms with Gasteiger partial charge in [-0.15, -0.1) is 0 Å². The lowest BCUT2D eigenvalue weighted by molar-refractivity contribution is -0.118. The normalized spacial score (nSPS) is 11.6. The van der Waals surface area contributed by atoms with Gasteiger partial charge in [-0.1, -0.05) is 23.9 Å². The molecule has 1 aromatic heterocycles. The van der Waals surface area contributed by atoms with E-state index in [0.29, 0.717) is 0 Å². The van der Waals surface area contributed by atoms with E-state index in [4.69, 9.17) is 4.74 Å². The summed E-state index contributed by atoms with van der Waals surface area (Å²) in [5.41, 5.74) is 6.22. The minimum Gasteiger partial charge on any atom is -0.497 e. The van der Waals surface area contributed by atoms with Crippen molar-refractivity contribution in [3.05, 3.63) is 54.1 Å². The highest BCUT2D eigenvalue weighted by Gasteiger charge is 2.10. The molecule has 0 bridgehead atoms. The number of nitrogens with zero attached hydrogens (tertiary/aromatic N) is 3. The number of amides is 1. The van der Waals surface area contributed by atoms with Crippen LogP contribution in [-0.2, 0) is 11.8 Å². The number of ether oxygens (including phenoxy) is 1. The number of benzene rings is 2. The highest BCUT2D eigenvalue weighted by Crippen LogP contribution is 2.22. The van der Waals surface area contributed by atoms with E-state index < -0.39 is 0 Å². The van der Waals surface area contributed by atoms with Gasteiger partial charge in [0.2, 0.25) is 0 Å². The molecule has 0 aliphatic rings. The lowest BCUT2D eigenvalue weighted by Gasteiger charge is -2.05. The number of para-hydroxylation sites is 2. The van der Waals surface area contributed by atoms with Gasteiger partial charge in [-0.25, -0.2) is 10.4 Å². The van der Waals surface area contributed by atoms with E-state index in [9.17, 15) is 4.79 Å². The predicted molar refractivity (Wildman–Crippen MR) is 105 cm³/mol. The van der Waals surface area contributed by atoms with Crippen LogP contribution in [0.2, 0.25) is 0 Å². The number of aryl methyl sites for hydroxylation is 1. The van der Waals surface area contributed by atoms with Gasteiger partial charge in [0.15, 0.2) is 5.16 Å². The summed E-state index contributed by atoms with van der Waals surface area (Å²) in [6.45, 7) is 1.85. The third-order valence-corrected chi connectivity index (χ3v) is 4.96. The van der Waals surface area contributed by atoms with Crippen molar-refractivity contribution in [3.63, 3.8) is 0 Å². The lowest BCUT2D eigenvalue weighted by atomic mass is 10.1. The molecule has 0 aliphatic heterocycles. The quantitative estimate of drug-likeness (QED) is 0.412. The Labute approximate surface area is 156 Å². The topological polar surface area (TPSA) is 68.5 Å². The van der Waals surface area contributed by atoms with Gasteiger partial charge in [0.1, 0.15) is 5.75 Å². The second-order valence-electron chi connectivity index (χ2n) is 5.69. The summed E-state index contributed by atoms with van der Waals surface area (Å²) >= 11 is 1.39. The van der Waals surface area contributed by atoms with Crippen LogP contribution < -0.4 is 10.2 Å². The molecule has 0 fully saturated rings. The van der Waals surface area contributed by atoms with Crippen molar-refractivity contribution in [2.45, 2.75) is 12.1 Å². The molecule has 26 heavy (non-hydrogen) atoms. The number of carbonyl (C=O) groups excluding carboxylic acids is 1. The number of nitrogens with one attached hydrogen (secondary N) is 1. The maximum Gasteiger partial charge on any atom is 0.250 e. The van der Waals surface area contributed by atoms with Crippen molar-refractivity contribution >= 4 is 34.4 Å². The molecule has 0 saturated carbocycles. The Morgan fingerprint density at radius 1 is 1.23 bits per heavy atom. The Morgan fingerprint density at radius 2 is 1.96 bits per heavy atom. The second-order valence-corrected chi connectivity index (χ2v) is 6.63. The first kappa shape index (κ1) is 18.0. The predicted octanol–water partition coefficient (Wildman–Crippen LogP) is 3.21. The largest absolute Gasteiger partial charge is 0.497 e. The second kappa shape index (κ2) is 8.05. The van der Waals surface area contributed by atoms with Gasteiger partial charge in [-0.05, 0) is 48.9 Å². The summed E-state index contributed by atoms with van der Waals surface area (Å²) in [5.74, 6) is 0.857.